The molecule has 2 rings (SSSR count). The molecule has 0 heterocycles. The Labute approximate surface area is 140 Å². The largest absolute Gasteiger partial charge is 0.368 e. The molecule has 0 bridgehead atoms. The van der Waals surface area contributed by atoms with Crippen LogP contribution in [0.1, 0.15) is 27.0 Å². The highest BCUT2D eigenvalue weighted by Gasteiger charge is 2.19. The summed E-state index contributed by atoms with van der Waals surface area (Å²) in [5.74, 6) is -0.882. The zero-order valence-corrected chi connectivity index (χ0v) is 13.9. The second kappa shape index (κ2) is 7.29. The summed E-state index contributed by atoms with van der Waals surface area (Å²) in [6, 6.07) is 11.9. The third-order valence-corrected chi connectivity index (χ3v) is 3.74. The molecule has 0 spiro atoms. The van der Waals surface area contributed by atoms with E-state index in [0.29, 0.717) is 17.0 Å². The van der Waals surface area contributed by atoms with E-state index in [-0.39, 0.29) is 5.91 Å². The molecule has 120 valence electrons. The second-order valence-electron chi connectivity index (χ2n) is 5.64. The minimum atomic E-state index is -0.774. The van der Waals surface area contributed by atoms with Gasteiger partial charge in [-0.05, 0) is 43.7 Å². The number of benzene rings is 2. The van der Waals surface area contributed by atoms with Crippen LogP contribution in [0, 0.1) is 13.8 Å². The van der Waals surface area contributed by atoms with E-state index in [2.05, 4.69) is 5.32 Å². The molecule has 23 heavy (non-hydrogen) atoms. The van der Waals surface area contributed by atoms with Crippen LogP contribution in [-0.4, -0.2) is 17.9 Å². The predicted molar refractivity (Wildman–Crippen MR) is 91.5 cm³/mol. The maximum atomic E-state index is 12.4. The highest BCUT2D eigenvalue weighted by Crippen LogP contribution is 2.12. The number of hydrogen-bond donors (Lipinski definition) is 2. The Morgan fingerprint density at radius 3 is 2.17 bits per heavy atom. The molecule has 0 saturated carbocycles. The smallest absolute Gasteiger partial charge is 0.251 e. The molecule has 3 N–H and O–H groups in total. The van der Waals surface area contributed by atoms with Gasteiger partial charge in [-0.1, -0.05) is 40.9 Å². The molecule has 2 aromatic carbocycles. The van der Waals surface area contributed by atoms with Crippen LogP contribution >= 0.6 is 11.6 Å². The average Bonchev–Trinajstić information content (AvgIpc) is 2.47. The molecular formula is C18H19ClN2O2. The number of amides is 2. The van der Waals surface area contributed by atoms with Gasteiger partial charge in [0, 0.05) is 17.0 Å². The molecule has 0 radical (unpaired) electrons. The summed E-state index contributed by atoms with van der Waals surface area (Å²) in [6.07, 6.45) is 0.322. The van der Waals surface area contributed by atoms with Crippen molar-refractivity contribution in [3.05, 3.63) is 69.7 Å². The van der Waals surface area contributed by atoms with E-state index in [1.807, 2.05) is 19.9 Å². The minimum Gasteiger partial charge on any atom is -0.368 e. The maximum absolute atomic E-state index is 12.4. The van der Waals surface area contributed by atoms with Crippen molar-refractivity contribution >= 4 is 23.4 Å². The minimum absolute atomic E-state index is 0.311. The van der Waals surface area contributed by atoms with Crippen molar-refractivity contribution in [3.63, 3.8) is 0 Å². The van der Waals surface area contributed by atoms with Crippen molar-refractivity contribution in [3.8, 4) is 0 Å². The van der Waals surface area contributed by atoms with Gasteiger partial charge in [0.2, 0.25) is 5.91 Å². The first kappa shape index (κ1) is 17.0. The monoisotopic (exact) mass is 330 g/mol. The van der Waals surface area contributed by atoms with E-state index in [0.717, 1.165) is 16.7 Å². The van der Waals surface area contributed by atoms with E-state index >= 15 is 0 Å². The molecular weight excluding hydrogens is 312 g/mol. The molecule has 0 aromatic heterocycles. The SMILES string of the molecule is Cc1cc(C)cc(C(=O)N[C@@H](Cc2ccc(Cl)cc2)C(N)=O)c1. The first-order valence-corrected chi connectivity index (χ1v) is 7.66. The van der Waals surface area contributed by atoms with Gasteiger partial charge in [-0.15, -0.1) is 0 Å². The lowest BCUT2D eigenvalue weighted by molar-refractivity contribution is -0.119. The Kier molecular flexibility index (Phi) is 5.40. The zero-order valence-electron chi connectivity index (χ0n) is 13.1. The summed E-state index contributed by atoms with van der Waals surface area (Å²) in [5, 5.41) is 3.32. The number of rotatable bonds is 5. The molecule has 1 atom stereocenters. The Morgan fingerprint density at radius 2 is 1.65 bits per heavy atom. The molecule has 0 aliphatic rings. The normalized spacial score (nSPS) is 11.8. The number of hydrogen-bond acceptors (Lipinski definition) is 2. The lowest BCUT2D eigenvalue weighted by atomic mass is 10.0. The molecule has 4 nitrogen and oxygen atoms in total. The van der Waals surface area contributed by atoms with Gasteiger partial charge in [-0.2, -0.15) is 0 Å². The molecule has 0 fully saturated rings. The van der Waals surface area contributed by atoms with Crippen LogP contribution in [0.2, 0.25) is 5.02 Å². The van der Waals surface area contributed by atoms with Crippen LogP contribution in [0.3, 0.4) is 0 Å². The van der Waals surface area contributed by atoms with Gasteiger partial charge in [0.15, 0.2) is 0 Å². The lowest BCUT2D eigenvalue weighted by Gasteiger charge is -2.16. The summed E-state index contributed by atoms with van der Waals surface area (Å²) in [6.45, 7) is 3.84. The summed E-state index contributed by atoms with van der Waals surface area (Å²) in [4.78, 5) is 24.0. The number of nitrogens with two attached hydrogens (primary N) is 1. The topological polar surface area (TPSA) is 72.2 Å². The van der Waals surface area contributed by atoms with Gasteiger partial charge in [0.1, 0.15) is 6.04 Å². The maximum Gasteiger partial charge on any atom is 0.251 e. The third-order valence-electron chi connectivity index (χ3n) is 3.49. The average molecular weight is 331 g/mol. The van der Waals surface area contributed by atoms with Gasteiger partial charge >= 0.3 is 0 Å². The van der Waals surface area contributed by atoms with Crippen molar-refractivity contribution in [2.75, 3.05) is 0 Å². The predicted octanol–water partition coefficient (Wildman–Crippen LogP) is 2.78. The van der Waals surface area contributed by atoms with Crippen molar-refractivity contribution < 1.29 is 9.59 Å². The third kappa shape index (κ3) is 4.83. The number of carbonyl (C=O) groups is 2. The van der Waals surface area contributed by atoms with Crippen molar-refractivity contribution in [1.29, 1.82) is 0 Å². The second-order valence-corrected chi connectivity index (χ2v) is 6.07. The van der Waals surface area contributed by atoms with Crippen LogP contribution in [-0.2, 0) is 11.2 Å². The molecule has 0 saturated heterocycles. The zero-order chi connectivity index (χ0) is 17.0. The van der Waals surface area contributed by atoms with E-state index in [1.54, 1.807) is 36.4 Å². The van der Waals surface area contributed by atoms with Gasteiger partial charge < -0.3 is 11.1 Å². The summed E-state index contributed by atoms with van der Waals surface area (Å²) >= 11 is 5.84. The van der Waals surface area contributed by atoms with Gasteiger partial charge in [-0.3, -0.25) is 9.59 Å². The van der Waals surface area contributed by atoms with Crippen LogP contribution in [0.5, 0.6) is 0 Å². The van der Waals surface area contributed by atoms with E-state index in [4.69, 9.17) is 17.3 Å². The quantitative estimate of drug-likeness (QED) is 0.884. The Morgan fingerprint density at radius 1 is 1.09 bits per heavy atom. The molecule has 2 aromatic rings. The van der Waals surface area contributed by atoms with Crippen LogP contribution < -0.4 is 11.1 Å². The number of halogens is 1. The molecule has 2 amide bonds. The first-order chi connectivity index (χ1) is 10.8. The Hall–Kier alpha value is -2.33. The van der Waals surface area contributed by atoms with Crippen LogP contribution in [0.4, 0.5) is 0 Å². The van der Waals surface area contributed by atoms with Crippen LogP contribution in [0.25, 0.3) is 0 Å². The number of nitrogens with one attached hydrogen (secondary N) is 1. The number of primary amides is 1. The molecule has 0 aliphatic heterocycles. The lowest BCUT2D eigenvalue weighted by Crippen LogP contribution is -2.45. The van der Waals surface area contributed by atoms with Gasteiger partial charge in [-0.25, -0.2) is 0 Å². The van der Waals surface area contributed by atoms with Crippen LogP contribution in [0.15, 0.2) is 42.5 Å². The van der Waals surface area contributed by atoms with Crippen molar-refractivity contribution in [2.45, 2.75) is 26.3 Å². The van der Waals surface area contributed by atoms with E-state index < -0.39 is 11.9 Å². The van der Waals surface area contributed by atoms with E-state index in [9.17, 15) is 9.59 Å². The van der Waals surface area contributed by atoms with Gasteiger partial charge in [0.25, 0.3) is 5.91 Å². The molecule has 0 aliphatic carbocycles. The highest BCUT2D eigenvalue weighted by atomic mass is 35.5. The Balaban J connectivity index is 2.14. The Bertz CT molecular complexity index is 706. The number of carbonyl (C=O) groups excluding carboxylic acids is 2. The summed E-state index contributed by atoms with van der Waals surface area (Å²) < 4.78 is 0. The van der Waals surface area contributed by atoms with E-state index in [1.165, 1.54) is 0 Å². The number of aryl methyl sites for hydroxylation is 2. The fourth-order valence-corrected chi connectivity index (χ4v) is 2.55. The first-order valence-electron chi connectivity index (χ1n) is 7.28. The highest BCUT2D eigenvalue weighted by molar-refractivity contribution is 6.30. The van der Waals surface area contributed by atoms with Gasteiger partial charge in [0.05, 0.1) is 0 Å². The fourth-order valence-electron chi connectivity index (χ4n) is 2.43. The van der Waals surface area contributed by atoms with Crippen molar-refractivity contribution in [2.24, 2.45) is 5.73 Å². The standard InChI is InChI=1S/C18H19ClN2O2/c1-11-7-12(2)9-14(8-11)18(23)21-16(17(20)22)10-13-3-5-15(19)6-4-13/h3-9,16H,10H2,1-2H3,(H2,20,22)(H,21,23)/t16-/m0/s1. The molecule has 5 heteroatoms. The van der Waals surface area contributed by atoms with Crippen molar-refractivity contribution in [1.82, 2.24) is 5.32 Å². The molecule has 0 unspecified atom stereocenters. The fraction of sp³-hybridized carbons (Fsp3) is 0.222. The summed E-state index contributed by atoms with van der Waals surface area (Å²) in [5.41, 5.74) is 8.79. The summed E-state index contributed by atoms with van der Waals surface area (Å²) in [7, 11) is 0.